The lowest BCUT2D eigenvalue weighted by atomic mass is 9.98. The SMILES string of the molecule is CCC[C@@H](NC(=O)OCC1c2ccccc2-c2ccccc21)C(=O)N[C@H]1CCO[C@H]1C(=O)O. The van der Waals surface area contributed by atoms with Gasteiger partial charge < -0.3 is 25.2 Å². The number of aliphatic carboxylic acids is 1. The van der Waals surface area contributed by atoms with Gasteiger partial charge >= 0.3 is 12.1 Å². The summed E-state index contributed by atoms with van der Waals surface area (Å²) in [6.45, 7) is 2.32. The highest BCUT2D eigenvalue weighted by Gasteiger charge is 2.36. The second-order valence-electron chi connectivity index (χ2n) is 8.34. The van der Waals surface area contributed by atoms with Crippen LogP contribution in [0.25, 0.3) is 11.1 Å². The van der Waals surface area contributed by atoms with Crippen LogP contribution in [0, 0.1) is 0 Å². The van der Waals surface area contributed by atoms with Crippen LogP contribution in [-0.4, -0.2) is 54.5 Å². The molecule has 0 spiro atoms. The summed E-state index contributed by atoms with van der Waals surface area (Å²) in [7, 11) is 0. The molecular weight excluding hydrogens is 424 g/mol. The standard InChI is InChI=1S/C25H28N2O6/c1-2-7-21(23(28)26-20-12-13-32-22(20)24(29)30)27-25(31)33-14-19-17-10-5-3-8-15(17)16-9-4-6-11-18(16)19/h3-6,8-11,19-22H,2,7,12-14H2,1H3,(H,26,28)(H,27,31)(H,29,30)/t20-,21+,22+/m0/s1. The first-order chi connectivity index (χ1) is 16.0. The van der Waals surface area contributed by atoms with Gasteiger partial charge in [-0.15, -0.1) is 0 Å². The van der Waals surface area contributed by atoms with Crippen LogP contribution in [-0.2, 0) is 19.1 Å². The van der Waals surface area contributed by atoms with E-state index in [1.807, 2.05) is 43.3 Å². The van der Waals surface area contributed by atoms with Gasteiger partial charge in [-0.3, -0.25) is 4.79 Å². The summed E-state index contributed by atoms with van der Waals surface area (Å²) in [5.74, 6) is -1.63. The average Bonchev–Trinajstić information content (AvgIpc) is 3.40. The molecule has 0 radical (unpaired) electrons. The number of carbonyl (C=O) groups is 3. The van der Waals surface area contributed by atoms with Crippen molar-refractivity contribution in [2.24, 2.45) is 0 Å². The number of rotatable bonds is 8. The van der Waals surface area contributed by atoms with Crippen molar-refractivity contribution in [3.05, 3.63) is 59.7 Å². The Kier molecular flexibility index (Phi) is 6.93. The monoisotopic (exact) mass is 452 g/mol. The Hall–Kier alpha value is -3.39. The van der Waals surface area contributed by atoms with Gasteiger partial charge in [-0.2, -0.15) is 0 Å². The van der Waals surface area contributed by atoms with Crippen LogP contribution in [0.1, 0.15) is 43.2 Å². The number of hydrogen-bond acceptors (Lipinski definition) is 5. The molecule has 8 heteroatoms. The Bertz CT molecular complexity index is 994. The minimum Gasteiger partial charge on any atom is -0.479 e. The summed E-state index contributed by atoms with van der Waals surface area (Å²) in [4.78, 5) is 36.6. The molecule has 1 saturated heterocycles. The molecule has 3 N–H and O–H groups in total. The number of fused-ring (bicyclic) bond motifs is 3. The van der Waals surface area contributed by atoms with E-state index in [0.717, 1.165) is 22.3 Å². The van der Waals surface area contributed by atoms with Gasteiger partial charge in [-0.25, -0.2) is 9.59 Å². The highest BCUT2D eigenvalue weighted by Crippen LogP contribution is 2.44. The Morgan fingerprint density at radius 3 is 2.33 bits per heavy atom. The highest BCUT2D eigenvalue weighted by molar-refractivity contribution is 5.87. The van der Waals surface area contributed by atoms with Gasteiger partial charge in [0.15, 0.2) is 6.10 Å². The van der Waals surface area contributed by atoms with E-state index in [2.05, 4.69) is 22.8 Å². The molecule has 8 nitrogen and oxygen atoms in total. The van der Waals surface area contributed by atoms with Crippen molar-refractivity contribution < 1.29 is 29.0 Å². The van der Waals surface area contributed by atoms with Crippen LogP contribution in [0.15, 0.2) is 48.5 Å². The minimum absolute atomic E-state index is 0.0754. The van der Waals surface area contributed by atoms with E-state index in [-0.39, 0.29) is 19.1 Å². The van der Waals surface area contributed by atoms with Crippen LogP contribution < -0.4 is 10.6 Å². The number of amides is 2. The first-order valence-corrected chi connectivity index (χ1v) is 11.3. The van der Waals surface area contributed by atoms with E-state index in [4.69, 9.17) is 9.47 Å². The van der Waals surface area contributed by atoms with Crippen LogP contribution >= 0.6 is 0 Å². The van der Waals surface area contributed by atoms with Crippen molar-refractivity contribution in [1.29, 1.82) is 0 Å². The molecule has 1 aliphatic carbocycles. The van der Waals surface area contributed by atoms with Gasteiger partial charge in [0, 0.05) is 12.5 Å². The summed E-state index contributed by atoms with van der Waals surface area (Å²) in [5, 5.41) is 14.6. The first-order valence-electron chi connectivity index (χ1n) is 11.3. The van der Waals surface area contributed by atoms with E-state index >= 15 is 0 Å². The number of carbonyl (C=O) groups excluding carboxylic acids is 2. The fraction of sp³-hybridized carbons (Fsp3) is 0.400. The molecule has 2 amide bonds. The third-order valence-electron chi connectivity index (χ3n) is 6.19. The molecule has 1 aliphatic heterocycles. The first kappa shape index (κ1) is 22.8. The van der Waals surface area contributed by atoms with E-state index < -0.39 is 36.2 Å². The smallest absolute Gasteiger partial charge is 0.407 e. The summed E-state index contributed by atoms with van der Waals surface area (Å²) >= 11 is 0. The molecule has 33 heavy (non-hydrogen) atoms. The van der Waals surface area contributed by atoms with Gasteiger partial charge in [0.25, 0.3) is 0 Å². The third-order valence-corrected chi connectivity index (χ3v) is 6.19. The Balaban J connectivity index is 1.38. The van der Waals surface area contributed by atoms with E-state index in [9.17, 15) is 19.5 Å². The molecular formula is C25H28N2O6. The average molecular weight is 453 g/mol. The lowest BCUT2D eigenvalue weighted by Gasteiger charge is -2.22. The fourth-order valence-corrected chi connectivity index (χ4v) is 4.60. The van der Waals surface area contributed by atoms with Gasteiger partial charge in [0.05, 0.1) is 6.04 Å². The molecule has 1 heterocycles. The van der Waals surface area contributed by atoms with Crippen molar-refractivity contribution in [2.75, 3.05) is 13.2 Å². The summed E-state index contributed by atoms with van der Waals surface area (Å²) in [5.41, 5.74) is 4.49. The Labute approximate surface area is 192 Å². The number of alkyl carbamates (subject to hydrolysis) is 1. The number of nitrogens with one attached hydrogen (secondary N) is 2. The van der Waals surface area contributed by atoms with E-state index in [1.54, 1.807) is 0 Å². The minimum atomic E-state index is -1.12. The number of carboxylic acid groups (broad SMARTS) is 1. The number of benzene rings is 2. The van der Waals surface area contributed by atoms with Crippen molar-refractivity contribution in [3.63, 3.8) is 0 Å². The Morgan fingerprint density at radius 1 is 1.09 bits per heavy atom. The maximum Gasteiger partial charge on any atom is 0.407 e. The molecule has 2 aliphatic rings. The summed E-state index contributed by atoms with van der Waals surface area (Å²) in [6, 6.07) is 14.7. The van der Waals surface area contributed by atoms with Crippen molar-refractivity contribution >= 4 is 18.0 Å². The quantitative estimate of drug-likeness (QED) is 0.567. The molecule has 0 unspecified atom stereocenters. The maximum absolute atomic E-state index is 12.8. The topological polar surface area (TPSA) is 114 Å². The van der Waals surface area contributed by atoms with Gasteiger partial charge in [-0.1, -0.05) is 61.9 Å². The second-order valence-corrected chi connectivity index (χ2v) is 8.34. The van der Waals surface area contributed by atoms with Crippen LogP contribution in [0.3, 0.4) is 0 Å². The zero-order valence-electron chi connectivity index (χ0n) is 18.5. The van der Waals surface area contributed by atoms with Crippen molar-refractivity contribution in [2.45, 2.75) is 50.3 Å². The largest absolute Gasteiger partial charge is 0.479 e. The molecule has 174 valence electrons. The van der Waals surface area contributed by atoms with Crippen molar-refractivity contribution in [1.82, 2.24) is 10.6 Å². The van der Waals surface area contributed by atoms with Gasteiger partial charge in [0.1, 0.15) is 12.6 Å². The number of hydrogen-bond donors (Lipinski definition) is 3. The summed E-state index contributed by atoms with van der Waals surface area (Å²) < 4.78 is 10.7. The van der Waals surface area contributed by atoms with Gasteiger partial charge in [0.2, 0.25) is 5.91 Å². The van der Waals surface area contributed by atoms with Crippen LogP contribution in [0.4, 0.5) is 4.79 Å². The molecule has 0 aromatic heterocycles. The number of carboxylic acids is 1. The highest BCUT2D eigenvalue weighted by atomic mass is 16.5. The predicted octanol–water partition coefficient (Wildman–Crippen LogP) is 3.05. The second kappa shape index (κ2) is 10.0. The molecule has 2 aromatic carbocycles. The maximum atomic E-state index is 12.8. The third kappa shape index (κ3) is 4.85. The lowest BCUT2D eigenvalue weighted by Crippen LogP contribution is -2.52. The van der Waals surface area contributed by atoms with E-state index in [0.29, 0.717) is 19.3 Å². The molecule has 0 bridgehead atoms. The normalized spacial score (nSPS) is 19.9. The fourth-order valence-electron chi connectivity index (χ4n) is 4.60. The number of ether oxygens (including phenoxy) is 2. The predicted molar refractivity (Wildman–Crippen MR) is 121 cm³/mol. The summed E-state index contributed by atoms with van der Waals surface area (Å²) in [6.07, 6.45) is -0.285. The lowest BCUT2D eigenvalue weighted by molar-refractivity contribution is -0.148. The van der Waals surface area contributed by atoms with Crippen molar-refractivity contribution in [3.8, 4) is 11.1 Å². The zero-order valence-corrected chi connectivity index (χ0v) is 18.5. The van der Waals surface area contributed by atoms with Gasteiger partial charge in [-0.05, 0) is 35.1 Å². The Morgan fingerprint density at radius 2 is 1.73 bits per heavy atom. The molecule has 3 atom stereocenters. The van der Waals surface area contributed by atoms with Crippen LogP contribution in [0.5, 0.6) is 0 Å². The van der Waals surface area contributed by atoms with Crippen LogP contribution in [0.2, 0.25) is 0 Å². The molecule has 1 fully saturated rings. The zero-order chi connectivity index (χ0) is 23.4. The molecule has 4 rings (SSSR count). The van der Waals surface area contributed by atoms with E-state index in [1.165, 1.54) is 0 Å². The molecule has 0 saturated carbocycles. The molecule has 2 aromatic rings.